The van der Waals surface area contributed by atoms with E-state index in [1.807, 2.05) is 30.3 Å². The zero-order valence-electron chi connectivity index (χ0n) is 12.5. The highest BCUT2D eigenvalue weighted by molar-refractivity contribution is 6.33. The van der Waals surface area contributed by atoms with Crippen molar-refractivity contribution in [3.63, 3.8) is 0 Å². The van der Waals surface area contributed by atoms with E-state index >= 15 is 0 Å². The van der Waals surface area contributed by atoms with Crippen LogP contribution in [0.2, 0.25) is 5.02 Å². The Labute approximate surface area is 138 Å². The number of carbonyl (C=O) groups is 2. The highest BCUT2D eigenvalue weighted by atomic mass is 35.5. The first kappa shape index (κ1) is 15.4. The van der Waals surface area contributed by atoms with Crippen LogP contribution in [0, 0.1) is 0 Å². The molecule has 2 amide bonds. The zero-order valence-corrected chi connectivity index (χ0v) is 13.2. The summed E-state index contributed by atoms with van der Waals surface area (Å²) in [5, 5.41) is 3.44. The number of hydrogen-bond acceptors (Lipinski definition) is 4. The van der Waals surface area contributed by atoms with E-state index in [1.165, 1.54) is 7.11 Å². The van der Waals surface area contributed by atoms with Gasteiger partial charge in [-0.1, -0.05) is 29.8 Å². The molecule has 118 valence electrons. The molecule has 1 aliphatic rings. The molecule has 1 N–H and O–H groups in total. The minimum atomic E-state index is -0.578. The minimum absolute atomic E-state index is 0.109. The van der Waals surface area contributed by atoms with Crippen molar-refractivity contribution in [3.05, 3.63) is 53.6 Å². The molecule has 0 unspecified atom stereocenters. The monoisotopic (exact) mass is 330 g/mol. The van der Waals surface area contributed by atoms with Gasteiger partial charge in [0.15, 0.2) is 0 Å². The Morgan fingerprint density at radius 3 is 2.57 bits per heavy atom. The maximum Gasteiger partial charge on any atom is 0.256 e. The minimum Gasteiger partial charge on any atom is -0.495 e. The molecule has 1 heterocycles. The molecule has 0 spiro atoms. The Hall–Kier alpha value is -2.53. The lowest BCUT2D eigenvalue weighted by Crippen LogP contribution is -2.34. The number of ether oxygens (including phenoxy) is 1. The van der Waals surface area contributed by atoms with Gasteiger partial charge in [0.2, 0.25) is 5.91 Å². The lowest BCUT2D eigenvalue weighted by atomic mass is 10.2. The fourth-order valence-electron chi connectivity index (χ4n) is 2.55. The van der Waals surface area contributed by atoms with Gasteiger partial charge in [-0.2, -0.15) is 0 Å². The van der Waals surface area contributed by atoms with Crippen LogP contribution in [0.5, 0.6) is 5.75 Å². The van der Waals surface area contributed by atoms with Gasteiger partial charge in [0.1, 0.15) is 11.8 Å². The molecule has 6 heteroatoms. The first-order chi connectivity index (χ1) is 11.1. The number of para-hydroxylation sites is 1. The number of imide groups is 1. The Morgan fingerprint density at radius 1 is 1.17 bits per heavy atom. The van der Waals surface area contributed by atoms with Crippen molar-refractivity contribution in [1.82, 2.24) is 0 Å². The van der Waals surface area contributed by atoms with Crippen molar-refractivity contribution < 1.29 is 14.3 Å². The topological polar surface area (TPSA) is 58.6 Å². The van der Waals surface area contributed by atoms with Crippen molar-refractivity contribution in [2.75, 3.05) is 17.3 Å². The van der Waals surface area contributed by atoms with Gasteiger partial charge in [0.05, 0.1) is 24.2 Å². The molecular weight excluding hydrogens is 316 g/mol. The molecule has 23 heavy (non-hydrogen) atoms. The summed E-state index contributed by atoms with van der Waals surface area (Å²) >= 11 is 6.08. The third-order valence-corrected chi connectivity index (χ3v) is 3.95. The van der Waals surface area contributed by atoms with E-state index in [2.05, 4.69) is 5.32 Å². The summed E-state index contributed by atoms with van der Waals surface area (Å²) in [7, 11) is 1.51. The molecule has 0 aromatic heterocycles. The number of nitrogens with zero attached hydrogens (tertiary/aromatic N) is 1. The maximum absolute atomic E-state index is 12.6. The average molecular weight is 331 g/mol. The van der Waals surface area contributed by atoms with Crippen LogP contribution in [0.4, 0.5) is 11.4 Å². The van der Waals surface area contributed by atoms with E-state index in [1.54, 1.807) is 18.2 Å². The van der Waals surface area contributed by atoms with Crippen LogP contribution in [0.3, 0.4) is 0 Å². The van der Waals surface area contributed by atoms with E-state index < -0.39 is 6.04 Å². The molecule has 0 bridgehead atoms. The van der Waals surface area contributed by atoms with Crippen LogP contribution in [0.25, 0.3) is 0 Å². The lowest BCUT2D eigenvalue weighted by Gasteiger charge is -2.17. The van der Waals surface area contributed by atoms with Crippen molar-refractivity contribution in [3.8, 4) is 5.75 Å². The number of rotatable bonds is 4. The van der Waals surface area contributed by atoms with Crippen LogP contribution < -0.4 is 15.0 Å². The third-order valence-electron chi connectivity index (χ3n) is 3.65. The van der Waals surface area contributed by atoms with E-state index in [4.69, 9.17) is 16.3 Å². The van der Waals surface area contributed by atoms with Crippen LogP contribution in [0.15, 0.2) is 48.5 Å². The number of carbonyl (C=O) groups excluding carboxylic acids is 2. The van der Waals surface area contributed by atoms with Gasteiger partial charge in [-0.3, -0.25) is 9.59 Å². The average Bonchev–Trinajstić information content (AvgIpc) is 2.82. The number of hydrogen-bond donors (Lipinski definition) is 1. The Kier molecular flexibility index (Phi) is 4.21. The molecule has 1 fully saturated rings. The molecule has 0 saturated carbocycles. The number of amides is 2. The second-order valence-corrected chi connectivity index (χ2v) is 5.56. The second kappa shape index (κ2) is 6.30. The SMILES string of the molecule is COc1ccc(N2C(=O)C[C@H](Nc3ccccc3)C2=O)cc1Cl. The molecule has 3 rings (SSSR count). The van der Waals surface area contributed by atoms with Crippen molar-refractivity contribution in [2.45, 2.75) is 12.5 Å². The molecule has 1 atom stereocenters. The second-order valence-electron chi connectivity index (χ2n) is 5.15. The van der Waals surface area contributed by atoms with Crippen molar-refractivity contribution in [2.24, 2.45) is 0 Å². The van der Waals surface area contributed by atoms with Crippen LogP contribution in [-0.4, -0.2) is 25.0 Å². The summed E-state index contributed by atoms with van der Waals surface area (Å²) in [5.74, 6) is -0.0572. The maximum atomic E-state index is 12.6. The van der Waals surface area contributed by atoms with E-state index in [0.29, 0.717) is 16.5 Å². The summed E-state index contributed by atoms with van der Waals surface area (Å²) in [6.45, 7) is 0. The van der Waals surface area contributed by atoms with Crippen LogP contribution in [0.1, 0.15) is 6.42 Å². The standard InChI is InChI=1S/C17H15ClN2O3/c1-23-15-8-7-12(9-13(15)18)20-16(21)10-14(17(20)22)19-11-5-3-2-4-6-11/h2-9,14,19H,10H2,1H3/t14-/m0/s1. The number of benzene rings is 2. The fraction of sp³-hybridized carbons (Fsp3) is 0.176. The first-order valence-corrected chi connectivity index (χ1v) is 7.50. The smallest absolute Gasteiger partial charge is 0.256 e. The normalized spacial score (nSPS) is 17.5. The predicted molar refractivity (Wildman–Crippen MR) is 89.0 cm³/mol. The quantitative estimate of drug-likeness (QED) is 0.875. The molecular formula is C17H15ClN2O3. The predicted octanol–water partition coefficient (Wildman–Crippen LogP) is 3.09. The van der Waals surface area contributed by atoms with Crippen LogP contribution >= 0.6 is 11.6 Å². The zero-order chi connectivity index (χ0) is 16.4. The van der Waals surface area contributed by atoms with Gasteiger partial charge in [0.25, 0.3) is 5.91 Å². The van der Waals surface area contributed by atoms with Gasteiger partial charge in [-0.05, 0) is 30.3 Å². The highest BCUT2D eigenvalue weighted by Gasteiger charge is 2.39. The van der Waals surface area contributed by atoms with Crippen molar-refractivity contribution >= 4 is 34.8 Å². The first-order valence-electron chi connectivity index (χ1n) is 7.12. The molecule has 0 aliphatic carbocycles. The van der Waals surface area contributed by atoms with E-state index in [9.17, 15) is 9.59 Å². The van der Waals surface area contributed by atoms with E-state index in [-0.39, 0.29) is 18.2 Å². The lowest BCUT2D eigenvalue weighted by molar-refractivity contribution is -0.121. The Balaban J connectivity index is 1.83. The van der Waals surface area contributed by atoms with Gasteiger partial charge >= 0.3 is 0 Å². The molecule has 2 aromatic rings. The molecule has 5 nitrogen and oxygen atoms in total. The third kappa shape index (κ3) is 3.00. The van der Waals surface area contributed by atoms with Gasteiger partial charge < -0.3 is 10.1 Å². The number of halogens is 1. The fourth-order valence-corrected chi connectivity index (χ4v) is 2.80. The summed E-state index contributed by atoms with van der Waals surface area (Å²) in [5.41, 5.74) is 1.25. The summed E-state index contributed by atoms with van der Waals surface area (Å²) < 4.78 is 5.08. The Bertz CT molecular complexity index is 749. The highest BCUT2D eigenvalue weighted by Crippen LogP contribution is 2.32. The van der Waals surface area contributed by atoms with Crippen molar-refractivity contribution in [1.29, 1.82) is 0 Å². The van der Waals surface area contributed by atoms with Gasteiger partial charge in [-0.15, -0.1) is 0 Å². The molecule has 2 aromatic carbocycles. The molecule has 1 saturated heterocycles. The van der Waals surface area contributed by atoms with Gasteiger partial charge in [0, 0.05) is 5.69 Å². The van der Waals surface area contributed by atoms with Gasteiger partial charge in [-0.25, -0.2) is 4.90 Å². The Morgan fingerprint density at radius 2 is 1.91 bits per heavy atom. The summed E-state index contributed by atoms with van der Waals surface area (Å²) in [6.07, 6.45) is 0.109. The molecule has 1 aliphatic heterocycles. The van der Waals surface area contributed by atoms with Crippen LogP contribution in [-0.2, 0) is 9.59 Å². The van der Waals surface area contributed by atoms with E-state index in [0.717, 1.165) is 10.6 Å². The summed E-state index contributed by atoms with van der Waals surface area (Å²) in [4.78, 5) is 26.0. The largest absolute Gasteiger partial charge is 0.495 e. The summed E-state index contributed by atoms with van der Waals surface area (Å²) in [6, 6.07) is 13.6. The number of anilines is 2. The number of nitrogens with one attached hydrogen (secondary N) is 1. The number of methoxy groups -OCH3 is 1. The molecule has 0 radical (unpaired) electrons.